The molecule has 0 spiro atoms. The lowest BCUT2D eigenvalue weighted by atomic mass is 9.94. The van der Waals surface area contributed by atoms with Gasteiger partial charge in [-0.05, 0) is 24.8 Å². The summed E-state index contributed by atoms with van der Waals surface area (Å²) in [6.07, 6.45) is 3.63. The van der Waals surface area contributed by atoms with Gasteiger partial charge in [-0.1, -0.05) is 13.0 Å². The van der Waals surface area contributed by atoms with Crippen molar-refractivity contribution in [2.75, 3.05) is 0 Å². The maximum Gasteiger partial charge on any atom is 0.114 e. The normalized spacial score (nSPS) is 30.6. The first-order chi connectivity index (χ1) is 3.80. The Morgan fingerprint density at radius 2 is 2.25 bits per heavy atom. The first-order valence-corrected chi connectivity index (χ1v) is 3.14. The van der Waals surface area contributed by atoms with Gasteiger partial charge in [-0.15, -0.1) is 0 Å². The predicted molar refractivity (Wildman–Crippen MR) is 32.1 cm³/mol. The van der Waals surface area contributed by atoms with Crippen molar-refractivity contribution in [1.82, 2.24) is 0 Å². The minimum absolute atomic E-state index is 0.441. The van der Waals surface area contributed by atoms with Crippen molar-refractivity contribution in [1.29, 1.82) is 0 Å². The molecule has 0 N–H and O–H groups in total. The molecule has 0 heterocycles. The average Bonchev–Trinajstić information content (AvgIpc) is 1.77. The van der Waals surface area contributed by atoms with Gasteiger partial charge in [-0.2, -0.15) is 0 Å². The quantitative estimate of drug-likeness (QED) is 0.425. The van der Waals surface area contributed by atoms with E-state index in [1.807, 2.05) is 0 Å². The minimum Gasteiger partial charge on any atom is -0.228 e. The van der Waals surface area contributed by atoms with Crippen LogP contribution in [0, 0.1) is 0 Å². The van der Waals surface area contributed by atoms with Crippen molar-refractivity contribution < 1.29 is 5.11 Å². The summed E-state index contributed by atoms with van der Waals surface area (Å²) in [5.41, 5.74) is 0.913. The summed E-state index contributed by atoms with van der Waals surface area (Å²) in [7, 11) is 0. The highest BCUT2D eigenvalue weighted by Crippen LogP contribution is 2.21. The second-order valence-corrected chi connectivity index (χ2v) is 2.39. The fraction of sp³-hybridized carbons (Fsp3) is 0.714. The van der Waals surface area contributed by atoms with Crippen molar-refractivity contribution >= 4 is 0 Å². The van der Waals surface area contributed by atoms with Crippen LogP contribution in [-0.4, -0.2) is 6.10 Å². The second kappa shape index (κ2) is 2.31. The third-order valence-electron chi connectivity index (χ3n) is 1.67. The number of hydrogen-bond acceptors (Lipinski definition) is 0. The average molecular weight is 111 g/mol. The first-order valence-electron chi connectivity index (χ1n) is 3.14. The lowest BCUT2D eigenvalue weighted by Gasteiger charge is -2.16. The van der Waals surface area contributed by atoms with Crippen LogP contribution in [0.25, 0.3) is 0 Å². The Morgan fingerprint density at radius 3 is 2.62 bits per heavy atom. The SMILES string of the molecule is C=C1CCCCC1[O]. The summed E-state index contributed by atoms with van der Waals surface area (Å²) in [5.74, 6) is 0. The molecule has 1 saturated carbocycles. The molecule has 0 aliphatic heterocycles. The zero-order chi connectivity index (χ0) is 5.98. The van der Waals surface area contributed by atoms with E-state index >= 15 is 0 Å². The maximum atomic E-state index is 10.8. The minimum atomic E-state index is -0.441. The van der Waals surface area contributed by atoms with Crippen LogP contribution in [0.4, 0.5) is 0 Å². The first kappa shape index (κ1) is 5.83. The van der Waals surface area contributed by atoms with Crippen molar-refractivity contribution in [3.63, 3.8) is 0 Å². The second-order valence-electron chi connectivity index (χ2n) is 2.39. The topological polar surface area (TPSA) is 19.9 Å². The molecule has 1 fully saturated rings. The Labute approximate surface area is 50.0 Å². The summed E-state index contributed by atoms with van der Waals surface area (Å²) in [5, 5.41) is 10.8. The van der Waals surface area contributed by atoms with Crippen molar-refractivity contribution in [3.8, 4) is 0 Å². The number of rotatable bonds is 0. The van der Waals surface area contributed by atoms with Crippen molar-refractivity contribution in [2.45, 2.75) is 31.8 Å². The van der Waals surface area contributed by atoms with Gasteiger partial charge < -0.3 is 0 Å². The van der Waals surface area contributed by atoms with Crippen LogP contribution in [0.5, 0.6) is 0 Å². The van der Waals surface area contributed by atoms with E-state index in [2.05, 4.69) is 6.58 Å². The van der Waals surface area contributed by atoms with Gasteiger partial charge in [0, 0.05) is 0 Å². The van der Waals surface area contributed by atoms with Crippen LogP contribution in [0.3, 0.4) is 0 Å². The summed E-state index contributed by atoms with van der Waals surface area (Å²) in [6, 6.07) is 0. The predicted octanol–water partition coefficient (Wildman–Crippen LogP) is 1.92. The molecule has 0 aromatic rings. The summed E-state index contributed by atoms with van der Waals surface area (Å²) in [4.78, 5) is 0. The Balaban J connectivity index is 2.39. The van der Waals surface area contributed by atoms with E-state index in [0.29, 0.717) is 0 Å². The van der Waals surface area contributed by atoms with Gasteiger partial charge >= 0.3 is 0 Å². The van der Waals surface area contributed by atoms with Crippen LogP contribution in [0.1, 0.15) is 25.7 Å². The van der Waals surface area contributed by atoms with Gasteiger partial charge in [-0.25, -0.2) is 5.11 Å². The molecule has 0 amide bonds. The van der Waals surface area contributed by atoms with E-state index < -0.39 is 6.10 Å². The number of hydrogen-bond donors (Lipinski definition) is 0. The molecule has 1 heteroatoms. The lowest BCUT2D eigenvalue weighted by molar-refractivity contribution is 0.0970. The monoisotopic (exact) mass is 111 g/mol. The molecule has 45 valence electrons. The Hall–Kier alpha value is -0.300. The molecule has 1 aliphatic rings. The van der Waals surface area contributed by atoms with Gasteiger partial charge in [0.15, 0.2) is 0 Å². The highest BCUT2D eigenvalue weighted by Gasteiger charge is 2.14. The van der Waals surface area contributed by atoms with Gasteiger partial charge in [0.25, 0.3) is 0 Å². The third kappa shape index (κ3) is 1.10. The van der Waals surface area contributed by atoms with Crippen LogP contribution < -0.4 is 0 Å². The Morgan fingerprint density at radius 1 is 1.50 bits per heavy atom. The molecule has 0 aromatic carbocycles. The zero-order valence-corrected chi connectivity index (χ0v) is 5.02. The molecule has 1 aliphatic carbocycles. The van der Waals surface area contributed by atoms with Gasteiger partial charge in [-0.3, -0.25) is 0 Å². The highest BCUT2D eigenvalue weighted by molar-refractivity contribution is 5.03. The molecule has 1 nitrogen and oxygen atoms in total. The van der Waals surface area contributed by atoms with E-state index in [0.717, 1.165) is 24.8 Å². The Kier molecular flexibility index (Phi) is 1.69. The van der Waals surface area contributed by atoms with E-state index in [4.69, 9.17) is 0 Å². The lowest BCUT2D eigenvalue weighted by Crippen LogP contribution is -2.11. The Bertz CT molecular complexity index is 96.6. The zero-order valence-electron chi connectivity index (χ0n) is 5.02. The largest absolute Gasteiger partial charge is 0.228 e. The van der Waals surface area contributed by atoms with Gasteiger partial charge in [0.2, 0.25) is 0 Å². The summed E-state index contributed by atoms with van der Waals surface area (Å²) in [6.45, 7) is 3.68. The fourth-order valence-electron chi connectivity index (χ4n) is 1.05. The third-order valence-corrected chi connectivity index (χ3v) is 1.67. The van der Waals surface area contributed by atoms with Gasteiger partial charge in [0.05, 0.1) is 0 Å². The molecule has 1 unspecified atom stereocenters. The van der Waals surface area contributed by atoms with Crippen molar-refractivity contribution in [2.24, 2.45) is 0 Å². The molecular weight excluding hydrogens is 100 g/mol. The van der Waals surface area contributed by atoms with Gasteiger partial charge in [0.1, 0.15) is 6.10 Å². The van der Waals surface area contributed by atoms with E-state index in [1.54, 1.807) is 0 Å². The molecule has 0 aromatic heterocycles. The molecule has 8 heavy (non-hydrogen) atoms. The van der Waals surface area contributed by atoms with Crippen molar-refractivity contribution in [3.05, 3.63) is 12.2 Å². The highest BCUT2D eigenvalue weighted by atomic mass is 16.3. The van der Waals surface area contributed by atoms with Crippen LogP contribution in [0.15, 0.2) is 12.2 Å². The van der Waals surface area contributed by atoms with E-state index in [9.17, 15) is 5.11 Å². The maximum absolute atomic E-state index is 10.8. The summed E-state index contributed by atoms with van der Waals surface area (Å²) >= 11 is 0. The molecule has 1 radical (unpaired) electrons. The van der Waals surface area contributed by atoms with Crippen LogP contribution in [0.2, 0.25) is 0 Å². The van der Waals surface area contributed by atoms with E-state index in [1.165, 1.54) is 6.42 Å². The van der Waals surface area contributed by atoms with Crippen LogP contribution in [-0.2, 0) is 5.11 Å². The standard InChI is InChI=1S/C7H11O/c1-6-4-2-3-5-7(6)8/h7H,1-5H2. The molecule has 1 atom stereocenters. The molecule has 0 saturated heterocycles. The molecular formula is C7H11O. The van der Waals surface area contributed by atoms with Crippen LogP contribution >= 0.6 is 0 Å². The molecule has 1 rings (SSSR count). The van der Waals surface area contributed by atoms with E-state index in [-0.39, 0.29) is 0 Å². The molecule has 0 bridgehead atoms. The summed E-state index contributed by atoms with van der Waals surface area (Å²) < 4.78 is 0. The smallest absolute Gasteiger partial charge is 0.114 e. The fourth-order valence-corrected chi connectivity index (χ4v) is 1.05.